The number of amides is 2. The molecule has 3 aromatic rings. The Morgan fingerprint density at radius 3 is 2.66 bits per heavy atom. The third kappa shape index (κ3) is 4.04. The molecule has 2 heterocycles. The molecule has 1 aliphatic rings. The highest BCUT2D eigenvalue weighted by Crippen LogP contribution is 2.35. The lowest BCUT2D eigenvalue weighted by molar-refractivity contribution is -0.138. The van der Waals surface area contributed by atoms with Gasteiger partial charge >= 0.3 is 5.97 Å². The Hall–Kier alpha value is -3.07. The SMILES string of the molecule is NC[C@H](NC(=O)c1c(Cl)cc2c(c1Cl)CCN(C(=O)c1cc3ccccc3o1)C2)C(=O)O. The van der Waals surface area contributed by atoms with Crippen LogP contribution < -0.4 is 11.1 Å². The summed E-state index contributed by atoms with van der Waals surface area (Å²) >= 11 is 12.8. The van der Waals surface area contributed by atoms with Gasteiger partial charge in [0, 0.05) is 25.0 Å². The Bertz CT molecular complexity index is 1210. The van der Waals surface area contributed by atoms with Crippen molar-refractivity contribution < 1.29 is 23.9 Å². The predicted molar refractivity (Wildman–Crippen MR) is 119 cm³/mol. The van der Waals surface area contributed by atoms with Crippen molar-refractivity contribution in [2.75, 3.05) is 13.1 Å². The Labute approximate surface area is 192 Å². The maximum Gasteiger partial charge on any atom is 0.327 e. The van der Waals surface area contributed by atoms with Crippen molar-refractivity contribution in [3.63, 3.8) is 0 Å². The average Bonchev–Trinajstić information content (AvgIpc) is 3.20. The van der Waals surface area contributed by atoms with E-state index in [-0.39, 0.29) is 40.4 Å². The van der Waals surface area contributed by atoms with Gasteiger partial charge in [-0.15, -0.1) is 0 Å². The van der Waals surface area contributed by atoms with Gasteiger partial charge in [-0.25, -0.2) is 4.79 Å². The van der Waals surface area contributed by atoms with E-state index in [9.17, 15) is 14.4 Å². The minimum absolute atomic E-state index is 0.0103. The number of carbonyl (C=O) groups excluding carboxylic acids is 2. The van der Waals surface area contributed by atoms with Crippen molar-refractivity contribution in [1.82, 2.24) is 10.2 Å². The Balaban J connectivity index is 1.58. The summed E-state index contributed by atoms with van der Waals surface area (Å²) in [7, 11) is 0. The number of carbonyl (C=O) groups is 3. The van der Waals surface area contributed by atoms with Crippen molar-refractivity contribution in [3.8, 4) is 0 Å². The summed E-state index contributed by atoms with van der Waals surface area (Å²) in [5, 5.41) is 12.5. The number of hydrogen-bond acceptors (Lipinski definition) is 5. The number of nitrogens with zero attached hydrogens (tertiary/aromatic N) is 1. The highest BCUT2D eigenvalue weighted by atomic mass is 35.5. The van der Waals surface area contributed by atoms with Gasteiger partial charge in [-0.05, 0) is 35.7 Å². The quantitative estimate of drug-likeness (QED) is 0.520. The Morgan fingerprint density at radius 1 is 1.22 bits per heavy atom. The number of rotatable bonds is 5. The summed E-state index contributed by atoms with van der Waals surface area (Å²) in [6.45, 7) is 0.332. The molecule has 4 rings (SSSR count). The molecular formula is C22H19Cl2N3O5. The van der Waals surface area contributed by atoms with Crippen LogP contribution in [0.3, 0.4) is 0 Å². The van der Waals surface area contributed by atoms with Gasteiger partial charge in [-0.3, -0.25) is 9.59 Å². The highest BCUT2D eigenvalue weighted by molar-refractivity contribution is 6.40. The molecule has 0 saturated heterocycles. The highest BCUT2D eigenvalue weighted by Gasteiger charge is 2.30. The van der Waals surface area contributed by atoms with Gasteiger partial charge in [0.25, 0.3) is 11.8 Å². The number of furan rings is 1. The largest absolute Gasteiger partial charge is 0.480 e. The number of halogens is 2. The van der Waals surface area contributed by atoms with Gasteiger partial charge in [0.15, 0.2) is 5.76 Å². The molecule has 0 spiro atoms. The lowest BCUT2D eigenvalue weighted by Crippen LogP contribution is -2.46. The zero-order chi connectivity index (χ0) is 23.0. The topological polar surface area (TPSA) is 126 Å². The fourth-order valence-electron chi connectivity index (χ4n) is 3.73. The molecule has 0 radical (unpaired) electrons. The van der Waals surface area contributed by atoms with Gasteiger partial charge in [0.2, 0.25) is 0 Å². The van der Waals surface area contributed by atoms with Gasteiger partial charge in [0.05, 0.1) is 15.6 Å². The summed E-state index contributed by atoms with van der Waals surface area (Å²) in [4.78, 5) is 38.4. The van der Waals surface area contributed by atoms with Crippen LogP contribution in [0.5, 0.6) is 0 Å². The molecule has 0 fully saturated rings. The first-order chi connectivity index (χ1) is 15.3. The molecule has 2 aromatic carbocycles. The van der Waals surface area contributed by atoms with Crippen LogP contribution in [0, 0.1) is 0 Å². The van der Waals surface area contributed by atoms with Crippen molar-refractivity contribution in [2.24, 2.45) is 5.73 Å². The molecule has 32 heavy (non-hydrogen) atoms. The molecule has 0 aliphatic carbocycles. The number of nitrogens with one attached hydrogen (secondary N) is 1. The predicted octanol–water partition coefficient (Wildman–Crippen LogP) is 3.08. The van der Waals surface area contributed by atoms with E-state index in [1.807, 2.05) is 18.2 Å². The van der Waals surface area contributed by atoms with Gasteiger partial charge < -0.3 is 25.5 Å². The normalized spacial score (nSPS) is 14.2. The van der Waals surface area contributed by atoms with Crippen LogP contribution >= 0.6 is 23.2 Å². The molecule has 0 bridgehead atoms. The standard InChI is InChI=1S/C22H19Cl2N3O5/c23-14-7-12-10-27(21(29)17-8-11-3-1-2-4-16(11)32-17)6-5-13(12)19(24)18(14)20(28)26-15(9-25)22(30)31/h1-4,7-8,15H,5-6,9-10,25H2,(H,26,28)(H,30,31)/t15-/m0/s1. The second kappa shape index (κ2) is 8.82. The zero-order valence-electron chi connectivity index (χ0n) is 16.7. The summed E-state index contributed by atoms with van der Waals surface area (Å²) in [6.07, 6.45) is 0.400. The summed E-state index contributed by atoms with van der Waals surface area (Å²) in [6, 6.07) is 9.39. The number of hydrogen-bond donors (Lipinski definition) is 3. The fourth-order valence-corrected chi connectivity index (χ4v) is 4.49. The lowest BCUT2D eigenvalue weighted by Gasteiger charge is -2.30. The van der Waals surface area contributed by atoms with Crippen molar-refractivity contribution >= 4 is 52.0 Å². The molecule has 1 aliphatic heterocycles. The first-order valence-electron chi connectivity index (χ1n) is 9.81. The van der Waals surface area contributed by atoms with E-state index in [0.717, 1.165) is 5.39 Å². The van der Waals surface area contributed by atoms with E-state index < -0.39 is 17.9 Å². The Kier molecular flexibility index (Phi) is 6.10. The maximum absolute atomic E-state index is 13.0. The lowest BCUT2D eigenvalue weighted by atomic mass is 9.96. The first kappa shape index (κ1) is 22.1. The molecular weight excluding hydrogens is 457 g/mol. The fraction of sp³-hybridized carbons (Fsp3) is 0.227. The number of benzene rings is 2. The van der Waals surface area contributed by atoms with Crippen LogP contribution in [-0.2, 0) is 17.8 Å². The third-order valence-corrected chi connectivity index (χ3v) is 6.11. The number of nitrogens with two attached hydrogens (primary N) is 1. The van der Waals surface area contributed by atoms with E-state index in [1.54, 1.807) is 23.1 Å². The van der Waals surface area contributed by atoms with E-state index in [4.69, 9.17) is 38.5 Å². The van der Waals surface area contributed by atoms with Crippen LogP contribution in [0.25, 0.3) is 11.0 Å². The van der Waals surface area contributed by atoms with Gasteiger partial charge in [0.1, 0.15) is 11.6 Å². The van der Waals surface area contributed by atoms with Gasteiger partial charge in [-0.1, -0.05) is 41.4 Å². The number of carboxylic acids is 1. The average molecular weight is 476 g/mol. The minimum Gasteiger partial charge on any atom is -0.480 e. The van der Waals surface area contributed by atoms with Crippen molar-refractivity contribution in [3.05, 3.63) is 68.9 Å². The number of fused-ring (bicyclic) bond motifs is 2. The summed E-state index contributed by atoms with van der Waals surface area (Å²) in [5.41, 5.74) is 7.42. The molecule has 166 valence electrons. The van der Waals surface area contributed by atoms with E-state index >= 15 is 0 Å². The first-order valence-corrected chi connectivity index (χ1v) is 10.6. The number of para-hydroxylation sites is 1. The van der Waals surface area contributed by atoms with Crippen LogP contribution in [0.15, 0.2) is 40.8 Å². The third-order valence-electron chi connectivity index (χ3n) is 5.39. The van der Waals surface area contributed by atoms with Crippen LogP contribution in [0.1, 0.15) is 32.0 Å². The van der Waals surface area contributed by atoms with Gasteiger partial charge in [-0.2, -0.15) is 0 Å². The zero-order valence-corrected chi connectivity index (χ0v) is 18.2. The molecule has 2 amide bonds. The molecule has 1 atom stereocenters. The molecule has 8 nitrogen and oxygen atoms in total. The monoisotopic (exact) mass is 475 g/mol. The van der Waals surface area contributed by atoms with Crippen molar-refractivity contribution in [2.45, 2.75) is 19.0 Å². The van der Waals surface area contributed by atoms with Crippen LogP contribution in [0.4, 0.5) is 0 Å². The Morgan fingerprint density at radius 2 is 1.97 bits per heavy atom. The van der Waals surface area contributed by atoms with E-state index in [2.05, 4.69) is 5.32 Å². The maximum atomic E-state index is 13.0. The van der Waals surface area contributed by atoms with E-state index in [1.165, 1.54) is 0 Å². The molecule has 0 saturated carbocycles. The molecule has 10 heteroatoms. The minimum atomic E-state index is -1.26. The number of aliphatic carboxylic acids is 1. The van der Waals surface area contributed by atoms with Crippen molar-refractivity contribution in [1.29, 1.82) is 0 Å². The smallest absolute Gasteiger partial charge is 0.327 e. The van der Waals surface area contributed by atoms with E-state index in [0.29, 0.717) is 29.7 Å². The molecule has 4 N–H and O–H groups in total. The summed E-state index contributed by atoms with van der Waals surface area (Å²) in [5.74, 6) is -2.00. The second-order valence-electron chi connectivity index (χ2n) is 7.41. The molecule has 1 aromatic heterocycles. The molecule has 0 unspecified atom stereocenters. The van der Waals surface area contributed by atoms with Crippen LogP contribution in [-0.4, -0.2) is 46.9 Å². The number of carboxylic acid groups (broad SMARTS) is 1. The summed E-state index contributed by atoms with van der Waals surface area (Å²) < 4.78 is 5.68. The second-order valence-corrected chi connectivity index (χ2v) is 8.20. The van der Waals surface area contributed by atoms with Crippen LogP contribution in [0.2, 0.25) is 10.0 Å².